The standard InChI is InChI=1S/C46H38N2P2.4BrH.Ru/c47-31-33-21-25-41-35(29-33)23-27-43(49(37-13-5-1-6-14-37)38-15-7-2-8-16-38)45(41)46-42-26-22-34(32-48)30-36(42)24-28-44(46)50(39-17-9-3-10-18-39)40-19-11-4-12-20-40;;;;;/h1-30H,31-32,47-48H2;4*1H;/q;;;;;+2/p-2. The van der Waals surface area contributed by atoms with Crippen LogP contribution in [-0.2, 0) is 26.3 Å². The monoisotopic (exact) mass is 1100 g/mol. The maximum Gasteiger partial charge on any atom is 0.0997 e. The van der Waals surface area contributed by atoms with Crippen molar-refractivity contribution in [2.75, 3.05) is 0 Å². The first-order valence-electron chi connectivity index (χ1n) is 17.5. The van der Waals surface area contributed by atoms with E-state index in [9.17, 15) is 0 Å². The fourth-order valence-electron chi connectivity index (χ4n) is 7.11. The molecule has 0 fully saturated rings. The van der Waals surface area contributed by atoms with Gasteiger partial charge in [0.25, 0.3) is 0 Å². The Labute approximate surface area is 368 Å². The molecule has 8 rings (SSSR count). The molecule has 8 aromatic rings. The molecule has 0 radical (unpaired) electrons. The van der Waals surface area contributed by atoms with E-state index in [0.29, 0.717) is 13.2 Å². The van der Waals surface area contributed by atoms with Gasteiger partial charge in [-0.25, -0.2) is 0 Å². The molecule has 2 nitrogen and oxygen atoms in total. The van der Waals surface area contributed by atoms with E-state index in [1.165, 1.54) is 75.6 Å². The molecule has 8 aromatic carbocycles. The molecule has 0 aliphatic rings. The first kappa shape index (κ1) is 43.7. The largest absolute Gasteiger partial charge is 0.354 e. The summed E-state index contributed by atoms with van der Waals surface area (Å²) >= 11 is 6.64. The zero-order valence-corrected chi connectivity index (χ0v) is 39.8. The molecule has 0 aromatic heterocycles. The van der Waals surface area contributed by atoms with E-state index < -0.39 is 15.8 Å². The normalized spacial score (nSPS) is 10.9. The van der Waals surface area contributed by atoms with Crippen molar-refractivity contribution >= 4 is 96.5 Å². The third kappa shape index (κ3) is 9.84. The van der Waals surface area contributed by atoms with Gasteiger partial charge in [0.15, 0.2) is 0 Å². The quantitative estimate of drug-likeness (QED) is 0.165. The topological polar surface area (TPSA) is 55.3 Å². The number of benzene rings is 8. The minimum Gasteiger partial charge on any atom is -0.354 e. The predicted octanol–water partition coefficient (Wildman–Crippen LogP) is 2.36. The van der Waals surface area contributed by atoms with Crippen LogP contribution in [0.25, 0.3) is 32.7 Å². The van der Waals surface area contributed by atoms with Crippen molar-refractivity contribution < 1.29 is 58.6 Å². The van der Waals surface area contributed by atoms with Gasteiger partial charge < -0.3 is 45.4 Å². The summed E-state index contributed by atoms with van der Waals surface area (Å²) in [5.74, 6) is 0. The maximum atomic E-state index is 4.23. The Morgan fingerprint density at radius 2 is 0.691 bits per heavy atom. The molecule has 280 valence electrons. The molecule has 0 atom stereocenters. The van der Waals surface area contributed by atoms with Gasteiger partial charge in [-0.15, -0.1) is 0 Å². The van der Waals surface area contributed by atoms with Crippen LogP contribution in [0.1, 0.15) is 11.1 Å². The van der Waals surface area contributed by atoms with Gasteiger partial charge in [-0.3, -0.25) is 0 Å². The molecule has 55 heavy (non-hydrogen) atoms. The Balaban J connectivity index is 0.00000112. The van der Waals surface area contributed by atoms with E-state index in [0.717, 1.165) is 13.1 Å². The van der Waals surface area contributed by atoms with Crippen LogP contribution in [0.4, 0.5) is 0 Å². The summed E-state index contributed by atoms with van der Waals surface area (Å²) in [6, 6.07) is 67.9. The van der Waals surface area contributed by atoms with Crippen LogP contribution >= 0.6 is 43.1 Å². The molecule has 0 unspecified atom stereocenters. The van der Waals surface area contributed by atoms with E-state index in [1.807, 2.05) is 0 Å². The summed E-state index contributed by atoms with van der Waals surface area (Å²) in [4.78, 5) is 0. The molecule has 0 aliphatic carbocycles. The van der Waals surface area contributed by atoms with Gasteiger partial charge in [0, 0.05) is 11.1 Å². The summed E-state index contributed by atoms with van der Waals surface area (Å²) in [5, 5.41) is 13.2. The molecule has 0 saturated heterocycles. The zero-order valence-electron chi connectivity index (χ0n) is 29.9. The third-order valence-corrected chi connectivity index (χ3v) is 14.5. The Morgan fingerprint density at radius 3 is 0.964 bits per heavy atom. The van der Waals surface area contributed by atoms with E-state index in [4.69, 9.17) is 0 Å². The summed E-state index contributed by atoms with van der Waals surface area (Å²) < 4.78 is 0. The zero-order chi connectivity index (χ0) is 36.6. The number of halogens is 4. The van der Waals surface area contributed by atoms with Gasteiger partial charge in [-0.1, -0.05) is 170 Å². The molecule has 0 heterocycles. The van der Waals surface area contributed by atoms with Gasteiger partial charge in [-0.05, 0) is 92.5 Å². The van der Waals surface area contributed by atoms with Gasteiger partial charge in [0.05, 0.1) is 13.1 Å². The van der Waals surface area contributed by atoms with Crippen molar-refractivity contribution in [2.45, 2.75) is 13.1 Å². The Morgan fingerprint density at radius 1 is 0.400 bits per heavy atom. The second kappa shape index (κ2) is 21.4. The van der Waals surface area contributed by atoms with Crippen molar-refractivity contribution in [1.29, 1.82) is 0 Å². The number of hydrogen-bond donors (Lipinski definition) is 2. The van der Waals surface area contributed by atoms with E-state index >= 15 is 0 Å². The molecule has 0 amide bonds. The predicted molar refractivity (Wildman–Crippen MR) is 235 cm³/mol. The fourth-order valence-corrected chi connectivity index (χ4v) is 12.1. The van der Waals surface area contributed by atoms with Gasteiger partial charge in [0.2, 0.25) is 0 Å². The van der Waals surface area contributed by atoms with Crippen LogP contribution < -0.4 is 77.3 Å². The fraction of sp³-hybridized carbons (Fsp3) is 0.0435. The van der Waals surface area contributed by atoms with Gasteiger partial charge in [-0.2, -0.15) is 0 Å². The van der Waals surface area contributed by atoms with Crippen LogP contribution in [0.5, 0.6) is 0 Å². The maximum absolute atomic E-state index is 4.23. The van der Waals surface area contributed by atoms with Crippen LogP contribution in [-0.4, -0.2) is 0 Å². The van der Waals surface area contributed by atoms with Crippen LogP contribution in [0.2, 0.25) is 0 Å². The van der Waals surface area contributed by atoms with Gasteiger partial charge >= 0.3 is 40.5 Å². The van der Waals surface area contributed by atoms with E-state index in [2.05, 4.69) is 221 Å². The summed E-state index contributed by atoms with van der Waals surface area (Å²) in [5.41, 5.74) is 13.6. The molecule has 0 bridgehead atoms. The van der Waals surface area contributed by atoms with Crippen LogP contribution in [0, 0.1) is 0 Å². The average molecular weight is 1100 g/mol. The summed E-state index contributed by atoms with van der Waals surface area (Å²) in [7, 11) is -1.79. The van der Waals surface area contributed by atoms with Crippen molar-refractivity contribution in [1.82, 2.24) is 0 Å². The minimum atomic E-state index is -0.895. The van der Waals surface area contributed by atoms with Crippen molar-refractivity contribution in [3.05, 3.63) is 193 Å². The van der Waals surface area contributed by atoms with Crippen molar-refractivity contribution in [3.63, 3.8) is 0 Å². The third-order valence-electron chi connectivity index (χ3n) is 9.49. The van der Waals surface area contributed by atoms with Crippen LogP contribution in [0.15, 0.2) is 182 Å². The first-order valence-corrected chi connectivity index (χ1v) is 28.1. The second-order valence-electron chi connectivity index (χ2n) is 12.6. The molecule has 0 saturated carbocycles. The molecule has 9 heteroatoms. The molecular weight excluding hydrogens is 1060 g/mol. The number of quaternary nitrogens is 2. The average Bonchev–Trinajstić information content (AvgIpc) is 3.22. The Kier molecular flexibility index (Phi) is 17.0. The van der Waals surface area contributed by atoms with Crippen molar-refractivity contribution in [3.8, 4) is 11.1 Å². The molecule has 6 N–H and O–H groups in total. The van der Waals surface area contributed by atoms with E-state index in [1.54, 1.807) is 0 Å². The minimum absolute atomic E-state index is 0. The van der Waals surface area contributed by atoms with Crippen LogP contribution in [0.3, 0.4) is 0 Å². The molecule has 0 aliphatic heterocycles. The number of fused-ring (bicyclic) bond motifs is 2. The van der Waals surface area contributed by atoms with E-state index in [-0.39, 0.29) is 34.0 Å². The summed E-state index contributed by atoms with van der Waals surface area (Å²) in [6.45, 7) is 1.52. The Bertz CT molecular complexity index is 2190. The molecule has 0 spiro atoms. The first-order chi connectivity index (χ1) is 26.1. The smallest absolute Gasteiger partial charge is 0.0997 e. The Hall–Kier alpha value is -2.40. The SMILES string of the molecule is [Br-].[Br-].[Br][Ru][Br].[NH3+]Cc1ccc2c(-c3c(P(c4ccccc4)c4ccccc4)ccc4cc(C[NH3+])ccc34)c(P(c3ccccc3)c3ccccc3)ccc2c1. The summed E-state index contributed by atoms with van der Waals surface area (Å²) in [6.07, 6.45) is 0. The number of rotatable bonds is 9. The van der Waals surface area contributed by atoms with Gasteiger partial charge in [0.1, 0.15) is 0 Å². The number of hydrogen-bond acceptors (Lipinski definition) is 0. The van der Waals surface area contributed by atoms with Crippen molar-refractivity contribution in [2.24, 2.45) is 0 Å². The molecular formula is C46H40Br4N2P2Ru. The second-order valence-corrected chi connectivity index (χ2v) is 25.0.